The molecule has 0 aromatic carbocycles. The topological polar surface area (TPSA) is 77.8 Å². The van der Waals surface area contributed by atoms with Crippen LogP contribution in [-0.2, 0) is 18.3 Å². The average molecular weight is 383 g/mol. The zero-order chi connectivity index (χ0) is 18.7. The number of rotatable bonds is 6. The Kier molecular flexibility index (Phi) is 5.95. The van der Waals surface area contributed by atoms with Crippen molar-refractivity contribution in [3.63, 3.8) is 0 Å². The Morgan fingerprint density at radius 1 is 1.38 bits per heavy atom. The maximum Gasteiger partial charge on any atom is 0.259 e. The fraction of sp³-hybridized carbons (Fsp3) is 0.588. The largest absolute Gasteiger partial charge is 0.370 e. The van der Waals surface area contributed by atoms with E-state index in [2.05, 4.69) is 10.3 Å². The fourth-order valence-corrected chi connectivity index (χ4v) is 3.43. The van der Waals surface area contributed by atoms with Gasteiger partial charge in [-0.15, -0.1) is 0 Å². The predicted octanol–water partition coefficient (Wildman–Crippen LogP) is 0.236. The molecule has 2 aromatic heterocycles. The molecular weight excluding hydrogens is 358 g/mol. The van der Waals surface area contributed by atoms with E-state index in [9.17, 15) is 4.79 Å². The molecule has 3 rings (SSSR count). The molecular formula is C17H25ClN5O3+. The smallest absolute Gasteiger partial charge is 0.259 e. The molecule has 0 spiro atoms. The van der Waals surface area contributed by atoms with Crippen LogP contribution in [0.4, 0.5) is 0 Å². The van der Waals surface area contributed by atoms with Crippen LogP contribution in [0.2, 0.25) is 5.02 Å². The third-order valence-electron chi connectivity index (χ3n) is 4.66. The van der Waals surface area contributed by atoms with E-state index < -0.39 is 0 Å². The lowest BCUT2D eigenvalue weighted by Crippen LogP contribution is -3.14. The molecule has 1 aliphatic heterocycles. The molecule has 142 valence electrons. The molecule has 8 nitrogen and oxygen atoms in total. The number of aryl methyl sites for hydroxylation is 3. The average Bonchev–Trinajstić information content (AvgIpc) is 3.12. The van der Waals surface area contributed by atoms with Crippen LogP contribution in [0.1, 0.15) is 27.5 Å². The normalized spacial score (nSPS) is 15.4. The third kappa shape index (κ3) is 4.25. The number of carbonyl (C=O) groups is 1. The minimum Gasteiger partial charge on any atom is -0.370 e. The highest BCUT2D eigenvalue weighted by Gasteiger charge is 2.26. The van der Waals surface area contributed by atoms with Gasteiger partial charge >= 0.3 is 0 Å². The number of carbonyl (C=O) groups excluding carboxylic acids is 1. The number of ether oxygens (including phenoxy) is 1. The van der Waals surface area contributed by atoms with Gasteiger partial charge in [0.25, 0.3) is 5.91 Å². The van der Waals surface area contributed by atoms with Crippen molar-refractivity contribution in [3.8, 4) is 0 Å². The van der Waals surface area contributed by atoms with Crippen molar-refractivity contribution in [3.05, 3.63) is 33.9 Å². The van der Waals surface area contributed by atoms with Gasteiger partial charge in [0, 0.05) is 13.2 Å². The van der Waals surface area contributed by atoms with E-state index in [0.29, 0.717) is 40.8 Å². The van der Waals surface area contributed by atoms with Crippen molar-refractivity contribution >= 4 is 17.5 Å². The number of hydrogen-bond donors (Lipinski definition) is 1. The summed E-state index contributed by atoms with van der Waals surface area (Å²) in [5, 5.41) is 8.84. The zero-order valence-corrected chi connectivity index (χ0v) is 16.2. The van der Waals surface area contributed by atoms with Gasteiger partial charge in [-0.3, -0.25) is 9.48 Å². The van der Waals surface area contributed by atoms with Crippen LogP contribution < -0.4 is 4.90 Å². The summed E-state index contributed by atoms with van der Waals surface area (Å²) in [5.74, 6) is 0.430. The van der Waals surface area contributed by atoms with E-state index in [4.69, 9.17) is 20.9 Å². The van der Waals surface area contributed by atoms with Crippen molar-refractivity contribution in [2.45, 2.75) is 20.4 Å². The number of nitrogens with one attached hydrogen (secondary N) is 1. The Balaban J connectivity index is 1.78. The number of quaternary nitrogens is 1. The maximum atomic E-state index is 13.2. The fourth-order valence-electron chi connectivity index (χ4n) is 3.20. The predicted molar refractivity (Wildman–Crippen MR) is 95.3 cm³/mol. The second-order valence-electron chi connectivity index (χ2n) is 6.64. The second kappa shape index (κ2) is 8.20. The summed E-state index contributed by atoms with van der Waals surface area (Å²) in [6.07, 6.45) is 1.74. The minimum absolute atomic E-state index is 0.101. The summed E-state index contributed by atoms with van der Waals surface area (Å²) >= 11 is 6.26. The molecule has 9 heteroatoms. The Bertz CT molecular complexity index is 747. The molecule has 3 heterocycles. The summed E-state index contributed by atoms with van der Waals surface area (Å²) in [7, 11) is 1.81. The summed E-state index contributed by atoms with van der Waals surface area (Å²) in [5.41, 5.74) is 1.81. The lowest BCUT2D eigenvalue weighted by molar-refractivity contribution is -0.907. The molecule has 0 saturated carbocycles. The zero-order valence-electron chi connectivity index (χ0n) is 15.4. The van der Waals surface area contributed by atoms with Gasteiger partial charge in [0.1, 0.15) is 30.1 Å². The van der Waals surface area contributed by atoms with E-state index >= 15 is 0 Å². The molecule has 0 unspecified atom stereocenters. The van der Waals surface area contributed by atoms with E-state index in [-0.39, 0.29) is 5.91 Å². The van der Waals surface area contributed by atoms with Crippen molar-refractivity contribution in [2.24, 2.45) is 7.05 Å². The van der Waals surface area contributed by atoms with Crippen molar-refractivity contribution in [1.29, 1.82) is 0 Å². The molecule has 0 atom stereocenters. The third-order valence-corrected chi connectivity index (χ3v) is 4.98. The Hall–Kier alpha value is -1.90. The maximum absolute atomic E-state index is 13.2. The Morgan fingerprint density at radius 3 is 2.69 bits per heavy atom. The van der Waals surface area contributed by atoms with E-state index in [1.807, 2.05) is 7.05 Å². The quantitative estimate of drug-likeness (QED) is 0.774. The number of morpholine rings is 1. The van der Waals surface area contributed by atoms with Gasteiger partial charge in [-0.2, -0.15) is 5.10 Å². The van der Waals surface area contributed by atoms with E-state index in [0.717, 1.165) is 32.8 Å². The molecule has 1 fully saturated rings. The van der Waals surface area contributed by atoms with E-state index in [1.54, 1.807) is 29.6 Å². The molecule has 0 aliphatic carbocycles. The molecule has 0 bridgehead atoms. The second-order valence-corrected chi connectivity index (χ2v) is 7.04. The monoisotopic (exact) mass is 382 g/mol. The summed E-state index contributed by atoms with van der Waals surface area (Å²) in [4.78, 5) is 16.4. The lowest BCUT2D eigenvalue weighted by Gasteiger charge is -2.27. The molecule has 1 N–H and O–H groups in total. The highest BCUT2D eigenvalue weighted by molar-refractivity contribution is 6.31. The van der Waals surface area contributed by atoms with Crippen LogP contribution in [0.15, 0.2) is 10.7 Å². The highest BCUT2D eigenvalue weighted by atomic mass is 35.5. The van der Waals surface area contributed by atoms with Crippen molar-refractivity contribution in [2.75, 3.05) is 39.4 Å². The SMILES string of the molecule is Cc1noc(C)c1C(=O)N(CC[NH+]1CCOCC1)Cc1nn(C)cc1Cl. The highest BCUT2D eigenvalue weighted by Crippen LogP contribution is 2.19. The lowest BCUT2D eigenvalue weighted by atomic mass is 10.1. The number of nitrogens with zero attached hydrogens (tertiary/aromatic N) is 4. The molecule has 0 radical (unpaired) electrons. The summed E-state index contributed by atoms with van der Waals surface area (Å²) in [6, 6.07) is 0. The Morgan fingerprint density at radius 2 is 2.12 bits per heavy atom. The molecule has 1 amide bonds. The van der Waals surface area contributed by atoms with Gasteiger partial charge in [-0.1, -0.05) is 16.8 Å². The van der Waals surface area contributed by atoms with Crippen LogP contribution in [0, 0.1) is 13.8 Å². The first kappa shape index (κ1) is 18.9. The van der Waals surface area contributed by atoms with Gasteiger partial charge in [0.05, 0.1) is 43.6 Å². The molecule has 2 aromatic rings. The first-order valence-electron chi connectivity index (χ1n) is 8.77. The van der Waals surface area contributed by atoms with Gasteiger partial charge < -0.3 is 19.1 Å². The van der Waals surface area contributed by atoms with Crippen LogP contribution in [0.25, 0.3) is 0 Å². The van der Waals surface area contributed by atoms with Crippen LogP contribution >= 0.6 is 11.6 Å². The van der Waals surface area contributed by atoms with Gasteiger partial charge in [-0.05, 0) is 13.8 Å². The summed E-state index contributed by atoms with van der Waals surface area (Å²) < 4.78 is 12.2. The number of amides is 1. The Labute approximate surface area is 157 Å². The minimum atomic E-state index is -0.101. The first-order valence-corrected chi connectivity index (χ1v) is 9.15. The number of aromatic nitrogens is 3. The number of hydrogen-bond acceptors (Lipinski definition) is 5. The molecule has 1 saturated heterocycles. The van der Waals surface area contributed by atoms with Crippen molar-refractivity contribution < 1.29 is 19.0 Å². The number of halogens is 1. The van der Waals surface area contributed by atoms with Crippen LogP contribution in [0.5, 0.6) is 0 Å². The van der Waals surface area contributed by atoms with Gasteiger partial charge in [0.15, 0.2) is 0 Å². The standard InChI is InChI=1S/C17H24ClN5O3/c1-12-16(13(2)26-20-12)17(24)23(5-4-22-6-8-25-9-7-22)11-15-14(18)10-21(3)19-15/h10H,4-9,11H2,1-3H3/p+1. The van der Waals surface area contributed by atoms with E-state index in [1.165, 1.54) is 4.90 Å². The molecule has 26 heavy (non-hydrogen) atoms. The van der Waals surface area contributed by atoms with Crippen LogP contribution in [-0.4, -0.2) is 65.1 Å². The first-order chi connectivity index (χ1) is 12.5. The van der Waals surface area contributed by atoms with Crippen molar-refractivity contribution in [1.82, 2.24) is 19.8 Å². The van der Waals surface area contributed by atoms with Gasteiger partial charge in [0.2, 0.25) is 0 Å². The van der Waals surface area contributed by atoms with Gasteiger partial charge in [-0.25, -0.2) is 0 Å². The summed E-state index contributed by atoms with van der Waals surface area (Å²) in [6.45, 7) is 8.78. The van der Waals surface area contributed by atoms with Crippen LogP contribution in [0.3, 0.4) is 0 Å². The molecule has 1 aliphatic rings.